The Kier molecular flexibility index (Phi) is 3.98. The molecule has 1 aromatic rings. The van der Waals surface area contributed by atoms with Crippen LogP contribution in [0.15, 0.2) is 36.4 Å². The Morgan fingerprint density at radius 1 is 1.12 bits per heavy atom. The van der Waals surface area contributed by atoms with Gasteiger partial charge in [-0.15, -0.1) is 0 Å². The Balaban J connectivity index is 1.75. The van der Waals surface area contributed by atoms with Gasteiger partial charge in [0.1, 0.15) is 5.82 Å². The van der Waals surface area contributed by atoms with Crippen LogP contribution in [0.25, 0.3) is 0 Å². The highest BCUT2D eigenvalue weighted by molar-refractivity contribution is 5.82. The van der Waals surface area contributed by atoms with Crippen LogP contribution in [-0.2, 0) is 14.9 Å². The van der Waals surface area contributed by atoms with Crippen LogP contribution < -0.4 is 0 Å². The zero-order chi connectivity index (χ0) is 16.7. The molecule has 0 atom stereocenters. The highest BCUT2D eigenvalue weighted by Crippen LogP contribution is 2.63. The van der Waals surface area contributed by atoms with Crippen LogP contribution >= 0.6 is 0 Å². The molecule has 4 aliphatic rings. The lowest BCUT2D eigenvalue weighted by molar-refractivity contribution is -0.137. The van der Waals surface area contributed by atoms with Gasteiger partial charge in [-0.05, 0) is 80.4 Å². The van der Waals surface area contributed by atoms with Gasteiger partial charge in [0.05, 0.1) is 6.61 Å². The summed E-state index contributed by atoms with van der Waals surface area (Å²) in [6.07, 6.45) is 10.0. The molecule has 4 aliphatic carbocycles. The standard InChI is InChI=1S/C21H25FO2/c1-2-24-20(23)7-8-21(16-3-5-19(22)6-4-16)17-10-14-9-15(12-17)13-18(21)11-14/h3-8,14-15,17-18H,2,9-13H2,1H3. The molecular formula is C21H25FO2. The molecule has 0 aliphatic heterocycles. The zero-order valence-corrected chi connectivity index (χ0v) is 14.2. The monoisotopic (exact) mass is 328 g/mol. The lowest BCUT2D eigenvalue weighted by atomic mass is 9.44. The van der Waals surface area contributed by atoms with E-state index in [1.54, 1.807) is 18.2 Å². The average molecular weight is 328 g/mol. The highest BCUT2D eigenvalue weighted by Gasteiger charge is 2.56. The number of esters is 1. The molecule has 0 saturated heterocycles. The summed E-state index contributed by atoms with van der Waals surface area (Å²) in [7, 11) is 0. The maximum atomic E-state index is 13.5. The van der Waals surface area contributed by atoms with Crippen LogP contribution in [0.4, 0.5) is 4.39 Å². The molecular weight excluding hydrogens is 303 g/mol. The van der Waals surface area contributed by atoms with Gasteiger partial charge in [0.15, 0.2) is 0 Å². The quantitative estimate of drug-likeness (QED) is 0.594. The molecule has 0 amide bonds. The predicted molar refractivity (Wildman–Crippen MR) is 90.9 cm³/mol. The molecule has 4 saturated carbocycles. The van der Waals surface area contributed by atoms with E-state index in [-0.39, 0.29) is 17.2 Å². The Hall–Kier alpha value is -1.64. The predicted octanol–water partition coefficient (Wildman–Crippen LogP) is 4.64. The highest BCUT2D eigenvalue weighted by atomic mass is 19.1. The third kappa shape index (κ3) is 2.49. The van der Waals surface area contributed by atoms with Gasteiger partial charge in [-0.1, -0.05) is 18.2 Å². The van der Waals surface area contributed by atoms with Gasteiger partial charge in [0, 0.05) is 11.5 Å². The minimum Gasteiger partial charge on any atom is -0.463 e. The number of rotatable bonds is 4. The van der Waals surface area contributed by atoms with Gasteiger partial charge < -0.3 is 4.74 Å². The number of benzene rings is 1. The second-order valence-electron chi connectivity index (χ2n) is 7.83. The molecule has 0 spiro atoms. The largest absolute Gasteiger partial charge is 0.463 e. The topological polar surface area (TPSA) is 26.3 Å². The fraction of sp³-hybridized carbons (Fsp3) is 0.571. The number of carbonyl (C=O) groups excluding carboxylic acids is 1. The molecule has 128 valence electrons. The van der Waals surface area contributed by atoms with E-state index in [0.717, 1.165) is 11.8 Å². The first-order valence-corrected chi connectivity index (χ1v) is 9.23. The van der Waals surface area contributed by atoms with Crippen LogP contribution in [0.3, 0.4) is 0 Å². The number of hydrogen-bond donors (Lipinski definition) is 0. The molecule has 1 aromatic carbocycles. The number of hydrogen-bond acceptors (Lipinski definition) is 2. The third-order valence-corrected chi connectivity index (χ3v) is 6.62. The van der Waals surface area contributed by atoms with Crippen molar-refractivity contribution < 1.29 is 13.9 Å². The fourth-order valence-electron chi connectivity index (χ4n) is 5.94. The van der Waals surface area contributed by atoms with Gasteiger partial charge in [0.25, 0.3) is 0 Å². The first kappa shape index (κ1) is 15.9. The summed E-state index contributed by atoms with van der Waals surface area (Å²) in [4.78, 5) is 11.9. The van der Waals surface area contributed by atoms with Crippen LogP contribution in [0.5, 0.6) is 0 Å². The fourth-order valence-corrected chi connectivity index (χ4v) is 5.94. The molecule has 3 heteroatoms. The Labute approximate surface area is 143 Å². The van der Waals surface area contributed by atoms with Crippen LogP contribution in [0.2, 0.25) is 0 Å². The van der Waals surface area contributed by atoms with Crippen LogP contribution in [0, 0.1) is 29.5 Å². The van der Waals surface area contributed by atoms with Crippen molar-refractivity contribution >= 4 is 5.97 Å². The lowest BCUT2D eigenvalue weighted by Crippen LogP contribution is -2.54. The summed E-state index contributed by atoms with van der Waals surface area (Å²) in [5, 5.41) is 0. The Morgan fingerprint density at radius 3 is 2.25 bits per heavy atom. The van der Waals surface area contributed by atoms with E-state index in [1.165, 1.54) is 37.7 Å². The van der Waals surface area contributed by atoms with Crippen LogP contribution in [-0.4, -0.2) is 12.6 Å². The van der Waals surface area contributed by atoms with Crippen molar-refractivity contribution in [1.82, 2.24) is 0 Å². The summed E-state index contributed by atoms with van der Waals surface area (Å²) in [6, 6.07) is 6.96. The Bertz CT molecular complexity index is 618. The first-order valence-electron chi connectivity index (χ1n) is 9.23. The SMILES string of the molecule is CCOC(=O)C=CC1(c2ccc(F)cc2)C2CC3CC(C2)CC1C3. The van der Waals surface area contributed by atoms with Gasteiger partial charge in [-0.25, -0.2) is 9.18 Å². The van der Waals surface area contributed by atoms with E-state index < -0.39 is 0 Å². The van der Waals surface area contributed by atoms with Gasteiger partial charge >= 0.3 is 5.97 Å². The summed E-state index contributed by atoms with van der Waals surface area (Å²) in [6.45, 7) is 2.22. The molecule has 0 N–H and O–H groups in total. The Morgan fingerprint density at radius 2 is 1.71 bits per heavy atom. The second-order valence-corrected chi connectivity index (χ2v) is 7.83. The van der Waals surface area contributed by atoms with E-state index in [2.05, 4.69) is 6.08 Å². The van der Waals surface area contributed by atoms with E-state index in [4.69, 9.17) is 4.74 Å². The molecule has 24 heavy (non-hydrogen) atoms. The van der Waals surface area contributed by atoms with E-state index in [9.17, 15) is 9.18 Å². The van der Waals surface area contributed by atoms with Crippen molar-refractivity contribution in [2.45, 2.75) is 44.4 Å². The second kappa shape index (κ2) is 6.02. The van der Waals surface area contributed by atoms with Crippen molar-refractivity contribution in [3.63, 3.8) is 0 Å². The number of allylic oxidation sites excluding steroid dienone is 1. The van der Waals surface area contributed by atoms with Gasteiger partial charge in [-0.3, -0.25) is 0 Å². The van der Waals surface area contributed by atoms with Gasteiger partial charge in [-0.2, -0.15) is 0 Å². The van der Waals surface area contributed by atoms with Gasteiger partial charge in [0.2, 0.25) is 0 Å². The van der Waals surface area contributed by atoms with Crippen molar-refractivity contribution in [3.8, 4) is 0 Å². The molecule has 5 rings (SSSR count). The summed E-state index contributed by atoms with van der Waals surface area (Å²) >= 11 is 0. The normalized spacial score (nSPS) is 37.1. The minimum atomic E-state index is -0.271. The average Bonchev–Trinajstić information content (AvgIpc) is 2.55. The lowest BCUT2D eigenvalue weighted by Gasteiger charge is -2.60. The maximum Gasteiger partial charge on any atom is 0.330 e. The smallest absolute Gasteiger partial charge is 0.330 e. The minimum absolute atomic E-state index is 0.131. The first-order chi connectivity index (χ1) is 11.6. The van der Waals surface area contributed by atoms with Crippen molar-refractivity contribution in [3.05, 3.63) is 47.8 Å². The number of carbonyl (C=O) groups is 1. The van der Waals surface area contributed by atoms with E-state index in [0.29, 0.717) is 18.4 Å². The van der Waals surface area contributed by atoms with Crippen molar-refractivity contribution in [2.75, 3.05) is 6.61 Å². The van der Waals surface area contributed by atoms with Crippen molar-refractivity contribution in [2.24, 2.45) is 23.7 Å². The van der Waals surface area contributed by atoms with E-state index in [1.807, 2.05) is 19.1 Å². The molecule has 4 bridgehead atoms. The van der Waals surface area contributed by atoms with E-state index >= 15 is 0 Å². The molecule has 0 unspecified atom stereocenters. The summed E-state index contributed by atoms with van der Waals surface area (Å²) in [5.41, 5.74) is 1.03. The maximum absolute atomic E-state index is 13.5. The van der Waals surface area contributed by atoms with Crippen LogP contribution in [0.1, 0.15) is 44.6 Å². The number of halogens is 1. The molecule has 4 fully saturated rings. The summed E-state index contributed by atoms with van der Waals surface area (Å²) < 4.78 is 18.6. The molecule has 2 nitrogen and oxygen atoms in total. The zero-order valence-electron chi connectivity index (χ0n) is 14.2. The molecule has 0 aromatic heterocycles. The summed E-state index contributed by atoms with van der Waals surface area (Å²) in [5.74, 6) is 2.34. The third-order valence-electron chi connectivity index (χ3n) is 6.62. The van der Waals surface area contributed by atoms with Crippen molar-refractivity contribution in [1.29, 1.82) is 0 Å². The molecule has 0 radical (unpaired) electrons. The number of ether oxygens (including phenoxy) is 1. The molecule has 0 heterocycles.